The molecular formula is C45H43F2N7O8S. The van der Waals surface area contributed by atoms with Crippen molar-refractivity contribution in [2.24, 2.45) is 7.05 Å². The molecule has 2 fully saturated rings. The van der Waals surface area contributed by atoms with Crippen LogP contribution < -0.4 is 21.3 Å². The van der Waals surface area contributed by atoms with Gasteiger partial charge in [0.2, 0.25) is 0 Å². The summed E-state index contributed by atoms with van der Waals surface area (Å²) in [4.78, 5) is 66.5. The number of aromatic nitrogens is 5. The van der Waals surface area contributed by atoms with Crippen LogP contribution in [0.25, 0.3) is 27.7 Å². The molecule has 0 bridgehead atoms. The van der Waals surface area contributed by atoms with E-state index in [2.05, 4.69) is 25.0 Å². The van der Waals surface area contributed by atoms with Crippen LogP contribution in [0.3, 0.4) is 0 Å². The smallest absolute Gasteiger partial charge is 0.335 e. The van der Waals surface area contributed by atoms with Crippen molar-refractivity contribution in [3.05, 3.63) is 141 Å². The number of ether oxygens (including phenoxy) is 2. The lowest BCUT2D eigenvalue weighted by Crippen LogP contribution is -2.45. The van der Waals surface area contributed by atoms with Gasteiger partial charge >= 0.3 is 11.7 Å². The number of rotatable bonds is 12. The zero-order valence-corrected chi connectivity index (χ0v) is 34.9. The summed E-state index contributed by atoms with van der Waals surface area (Å²) in [7, 11) is -2.90. The molecule has 1 amide bonds. The van der Waals surface area contributed by atoms with Crippen LogP contribution in [0, 0.1) is 11.6 Å². The lowest BCUT2D eigenvalue weighted by atomic mass is 9.97. The van der Waals surface area contributed by atoms with Gasteiger partial charge in [-0.25, -0.2) is 41.3 Å². The number of fused-ring (bicyclic) bond motifs is 1. The molecule has 3 aromatic heterocycles. The van der Waals surface area contributed by atoms with Crippen LogP contribution in [0.2, 0.25) is 0 Å². The third-order valence-corrected chi connectivity index (χ3v) is 12.8. The van der Waals surface area contributed by atoms with Gasteiger partial charge in [-0.05, 0) is 86.1 Å². The van der Waals surface area contributed by atoms with E-state index in [1.165, 1.54) is 54.3 Å². The number of nitrogens with one attached hydrogen (secondary N) is 2. The molecule has 1 atom stereocenters. The standard InChI is InChI=1S/C45H43F2N7O8S/c1-53-40-26-48-18-15-34(40)43(56)54(45(53)58)31-11-7-27(8-12-31)21-39(44(57)62-32-5-3-2-4-6-32)51-42(55)35-22-37(47)38(23-36(35)46)52-63(59,60)33-13-9-28(10-14-33)30-24-49-41(50-25-30)29-16-19-61-20-17-29/h7-15,18,22-26,29,32,39,52H,2-6,16-17,19-21H2,1H3,(H,51,55)/t39-/m0/s1. The van der Waals surface area contributed by atoms with E-state index in [1.807, 2.05) is 0 Å². The third kappa shape index (κ3) is 9.41. The Kier molecular flexibility index (Phi) is 12.5. The summed E-state index contributed by atoms with van der Waals surface area (Å²) in [6, 6.07) is 13.1. The Morgan fingerprint density at radius 3 is 2.27 bits per heavy atom. The van der Waals surface area contributed by atoms with Crippen molar-refractivity contribution in [3.8, 4) is 16.8 Å². The van der Waals surface area contributed by atoms with Crippen molar-refractivity contribution in [3.63, 3.8) is 0 Å². The number of pyridine rings is 1. The fraction of sp³-hybridized carbons (Fsp3) is 0.311. The molecule has 2 N–H and O–H groups in total. The number of nitrogens with zero attached hydrogens (tertiary/aromatic N) is 5. The minimum Gasteiger partial charge on any atom is -0.461 e. The number of hydrogen-bond donors (Lipinski definition) is 2. The monoisotopic (exact) mass is 879 g/mol. The second-order valence-electron chi connectivity index (χ2n) is 15.6. The Morgan fingerprint density at radius 2 is 1.57 bits per heavy atom. The fourth-order valence-electron chi connectivity index (χ4n) is 7.88. The first-order valence-corrected chi connectivity index (χ1v) is 22.0. The topological polar surface area (TPSA) is 193 Å². The van der Waals surface area contributed by atoms with E-state index >= 15 is 8.78 Å². The molecule has 3 aromatic carbocycles. The second-order valence-corrected chi connectivity index (χ2v) is 17.3. The largest absolute Gasteiger partial charge is 0.461 e. The van der Waals surface area contributed by atoms with E-state index in [1.54, 1.807) is 36.7 Å². The van der Waals surface area contributed by atoms with Gasteiger partial charge in [0.05, 0.1) is 38.9 Å². The van der Waals surface area contributed by atoms with Gasteiger partial charge in [0.15, 0.2) is 0 Å². The summed E-state index contributed by atoms with van der Waals surface area (Å²) in [6.07, 6.45) is 11.3. The molecule has 1 saturated heterocycles. The van der Waals surface area contributed by atoms with Crippen LogP contribution in [-0.2, 0) is 37.8 Å². The van der Waals surface area contributed by atoms with E-state index < -0.39 is 62.1 Å². The summed E-state index contributed by atoms with van der Waals surface area (Å²) >= 11 is 0. The van der Waals surface area contributed by atoms with Crippen molar-refractivity contribution in [1.82, 2.24) is 29.4 Å². The number of sulfonamides is 1. The van der Waals surface area contributed by atoms with Crippen molar-refractivity contribution in [1.29, 1.82) is 0 Å². The summed E-state index contributed by atoms with van der Waals surface area (Å²) < 4.78 is 73.3. The first-order valence-electron chi connectivity index (χ1n) is 20.5. The van der Waals surface area contributed by atoms with E-state index in [9.17, 15) is 27.6 Å². The Hall–Kier alpha value is -6.66. The van der Waals surface area contributed by atoms with Crippen molar-refractivity contribution < 1.29 is 36.3 Å². The van der Waals surface area contributed by atoms with Gasteiger partial charge in [-0.2, -0.15) is 0 Å². The lowest BCUT2D eigenvalue weighted by molar-refractivity contribution is -0.152. The Morgan fingerprint density at radius 1 is 0.873 bits per heavy atom. The van der Waals surface area contributed by atoms with Gasteiger partial charge in [-0.15, -0.1) is 0 Å². The van der Waals surface area contributed by atoms with E-state index in [0.29, 0.717) is 60.4 Å². The molecule has 63 heavy (non-hydrogen) atoms. The molecular weight excluding hydrogens is 837 g/mol. The maximum absolute atomic E-state index is 15.6. The van der Waals surface area contributed by atoms with E-state index in [-0.39, 0.29) is 34.4 Å². The Bertz CT molecular complexity index is 2900. The van der Waals surface area contributed by atoms with Crippen LogP contribution in [-0.4, -0.2) is 69.7 Å². The lowest BCUT2D eigenvalue weighted by Gasteiger charge is -2.25. The molecule has 1 aliphatic carbocycles. The highest BCUT2D eigenvalue weighted by atomic mass is 32.2. The highest BCUT2D eigenvalue weighted by Crippen LogP contribution is 2.28. The average Bonchev–Trinajstić information content (AvgIpc) is 3.30. The molecule has 18 heteroatoms. The first-order chi connectivity index (χ1) is 30.4. The minimum atomic E-state index is -4.42. The number of carbonyl (C=O) groups is 2. The number of esters is 1. The molecule has 6 aromatic rings. The van der Waals surface area contributed by atoms with Crippen LogP contribution >= 0.6 is 0 Å². The SMILES string of the molecule is Cn1c(=O)n(-c2ccc(C[C@H](NC(=O)c3cc(F)c(NS(=O)(=O)c4ccc(-c5cnc(C6CCOCC6)nc5)cc4)cc3F)C(=O)OC3CCCCC3)cc2)c(=O)c2ccncc21. The molecule has 0 radical (unpaired) electrons. The van der Waals surface area contributed by atoms with Crippen molar-refractivity contribution in [2.45, 2.75) is 74.3 Å². The number of benzene rings is 3. The number of carbonyl (C=O) groups excluding carboxylic acids is 2. The fourth-order valence-corrected chi connectivity index (χ4v) is 8.94. The molecule has 0 spiro atoms. The predicted molar refractivity (Wildman–Crippen MR) is 228 cm³/mol. The number of halogens is 2. The number of anilines is 1. The second kappa shape index (κ2) is 18.4. The summed E-state index contributed by atoms with van der Waals surface area (Å²) in [6.45, 7) is 1.30. The van der Waals surface area contributed by atoms with Gasteiger partial charge in [-0.1, -0.05) is 30.7 Å². The number of hydrogen-bond acceptors (Lipinski definition) is 11. The Balaban J connectivity index is 0.977. The van der Waals surface area contributed by atoms with E-state index in [4.69, 9.17) is 9.47 Å². The maximum Gasteiger partial charge on any atom is 0.335 e. The molecule has 1 saturated carbocycles. The number of aryl methyl sites for hydroxylation is 1. The van der Waals surface area contributed by atoms with Gasteiger partial charge < -0.3 is 14.8 Å². The molecule has 4 heterocycles. The molecule has 0 unspecified atom stereocenters. The van der Waals surface area contributed by atoms with Gasteiger partial charge in [0.25, 0.3) is 21.5 Å². The first kappa shape index (κ1) is 43.0. The molecule has 326 valence electrons. The quantitative estimate of drug-likeness (QED) is 0.143. The zero-order valence-electron chi connectivity index (χ0n) is 34.1. The van der Waals surface area contributed by atoms with Crippen molar-refractivity contribution in [2.75, 3.05) is 17.9 Å². The summed E-state index contributed by atoms with van der Waals surface area (Å²) in [5.74, 6) is -3.51. The van der Waals surface area contributed by atoms with Crippen LogP contribution in [0.4, 0.5) is 14.5 Å². The molecule has 15 nitrogen and oxygen atoms in total. The predicted octanol–water partition coefficient (Wildman–Crippen LogP) is 5.73. The normalized spacial score (nSPS) is 15.5. The van der Waals surface area contributed by atoms with Crippen LogP contribution in [0.15, 0.2) is 106 Å². The maximum atomic E-state index is 15.6. The molecule has 8 rings (SSSR count). The van der Waals surface area contributed by atoms with Crippen LogP contribution in [0.5, 0.6) is 0 Å². The summed E-state index contributed by atoms with van der Waals surface area (Å²) in [5.41, 5.74) is -0.269. The molecule has 1 aliphatic heterocycles. The highest BCUT2D eigenvalue weighted by Gasteiger charge is 2.29. The van der Waals surface area contributed by atoms with Gasteiger partial charge in [0, 0.05) is 62.8 Å². The Labute approximate surface area is 360 Å². The van der Waals surface area contributed by atoms with Gasteiger partial charge in [0.1, 0.15) is 29.6 Å². The zero-order chi connectivity index (χ0) is 44.3. The minimum absolute atomic E-state index is 0.150. The van der Waals surface area contributed by atoms with Crippen LogP contribution in [0.1, 0.15) is 72.6 Å². The summed E-state index contributed by atoms with van der Waals surface area (Å²) in [5, 5.41) is 2.76. The molecule has 2 aliphatic rings. The van der Waals surface area contributed by atoms with Gasteiger partial charge in [-0.3, -0.25) is 23.9 Å². The van der Waals surface area contributed by atoms with E-state index in [0.717, 1.165) is 42.5 Å². The average molecular weight is 880 g/mol. The van der Waals surface area contributed by atoms with Crippen molar-refractivity contribution >= 4 is 38.5 Å². The number of amides is 1. The highest BCUT2D eigenvalue weighted by molar-refractivity contribution is 7.92. The third-order valence-electron chi connectivity index (χ3n) is 11.4.